The molecule has 0 spiro atoms. The summed E-state index contributed by atoms with van der Waals surface area (Å²) in [4.78, 5) is 8.77. The maximum absolute atomic E-state index is 5.90. The molecule has 0 atom stereocenters. The molecule has 0 aliphatic heterocycles. The Balaban J connectivity index is 1.75. The van der Waals surface area contributed by atoms with E-state index in [4.69, 9.17) is 11.6 Å². The molecule has 0 amide bonds. The number of hydrogen-bond donors (Lipinski definition) is 1. The lowest BCUT2D eigenvalue weighted by Crippen LogP contribution is -2.03. The molecule has 4 heteroatoms. The van der Waals surface area contributed by atoms with Gasteiger partial charge in [0.05, 0.1) is 5.69 Å². The second-order valence-electron chi connectivity index (χ2n) is 4.61. The number of halogens is 1. The Morgan fingerprint density at radius 2 is 1.67 bits per heavy atom. The average molecular weight is 296 g/mol. The van der Waals surface area contributed by atoms with Crippen LogP contribution in [0.2, 0.25) is 5.02 Å². The van der Waals surface area contributed by atoms with Crippen LogP contribution < -0.4 is 5.32 Å². The standard InChI is InChI=1S/C17H14ClN3/c18-15-8-6-14(7-9-15)16-10-11-19-17(21-16)20-12-13-4-2-1-3-5-13/h1-11H,12H2,(H,19,20,21). The summed E-state index contributed by atoms with van der Waals surface area (Å²) in [5.41, 5.74) is 3.08. The Kier molecular flexibility index (Phi) is 4.12. The number of rotatable bonds is 4. The van der Waals surface area contributed by atoms with Gasteiger partial charge in [0.2, 0.25) is 5.95 Å². The molecule has 0 saturated carbocycles. The van der Waals surface area contributed by atoms with E-state index in [9.17, 15) is 0 Å². The third kappa shape index (κ3) is 3.58. The summed E-state index contributed by atoms with van der Waals surface area (Å²) in [6.45, 7) is 0.699. The molecule has 0 fully saturated rings. The summed E-state index contributed by atoms with van der Waals surface area (Å²) < 4.78 is 0. The first-order valence-electron chi connectivity index (χ1n) is 6.68. The predicted molar refractivity (Wildman–Crippen MR) is 86.2 cm³/mol. The van der Waals surface area contributed by atoms with Crippen molar-refractivity contribution in [2.75, 3.05) is 5.32 Å². The Bertz CT molecular complexity index is 712. The van der Waals surface area contributed by atoms with Crippen LogP contribution in [-0.4, -0.2) is 9.97 Å². The SMILES string of the molecule is Clc1ccc(-c2ccnc(NCc3ccccc3)n2)cc1. The number of hydrogen-bond acceptors (Lipinski definition) is 3. The molecule has 3 rings (SSSR count). The van der Waals surface area contributed by atoms with Gasteiger partial charge in [0.1, 0.15) is 0 Å². The minimum atomic E-state index is 0.617. The van der Waals surface area contributed by atoms with Gasteiger partial charge in [-0.15, -0.1) is 0 Å². The molecule has 0 aliphatic rings. The number of nitrogens with one attached hydrogen (secondary N) is 1. The Morgan fingerprint density at radius 1 is 0.905 bits per heavy atom. The zero-order valence-electron chi connectivity index (χ0n) is 11.3. The van der Waals surface area contributed by atoms with Crippen LogP contribution in [0.3, 0.4) is 0 Å². The van der Waals surface area contributed by atoms with Crippen molar-refractivity contribution < 1.29 is 0 Å². The van der Waals surface area contributed by atoms with E-state index in [0.29, 0.717) is 12.5 Å². The van der Waals surface area contributed by atoms with Gasteiger partial charge >= 0.3 is 0 Å². The van der Waals surface area contributed by atoms with Crippen molar-refractivity contribution in [1.82, 2.24) is 9.97 Å². The maximum Gasteiger partial charge on any atom is 0.223 e. The van der Waals surface area contributed by atoms with Gasteiger partial charge in [0.15, 0.2) is 0 Å². The molecule has 3 nitrogen and oxygen atoms in total. The molecule has 0 aliphatic carbocycles. The van der Waals surface area contributed by atoms with Crippen LogP contribution in [0, 0.1) is 0 Å². The summed E-state index contributed by atoms with van der Waals surface area (Å²) in [5, 5.41) is 3.95. The molecule has 1 N–H and O–H groups in total. The summed E-state index contributed by atoms with van der Waals surface area (Å²) in [6.07, 6.45) is 1.75. The highest BCUT2D eigenvalue weighted by Crippen LogP contribution is 2.20. The molecular weight excluding hydrogens is 282 g/mol. The molecule has 21 heavy (non-hydrogen) atoms. The summed E-state index contributed by atoms with van der Waals surface area (Å²) in [7, 11) is 0. The van der Waals surface area contributed by atoms with E-state index in [1.807, 2.05) is 48.5 Å². The van der Waals surface area contributed by atoms with Crippen molar-refractivity contribution in [3.05, 3.63) is 77.4 Å². The maximum atomic E-state index is 5.90. The van der Waals surface area contributed by atoms with Crippen molar-refractivity contribution in [2.45, 2.75) is 6.54 Å². The number of anilines is 1. The van der Waals surface area contributed by atoms with Crippen LogP contribution in [0.25, 0.3) is 11.3 Å². The molecule has 0 saturated heterocycles. The number of aromatic nitrogens is 2. The molecule has 3 aromatic rings. The molecule has 0 bridgehead atoms. The minimum absolute atomic E-state index is 0.617. The largest absolute Gasteiger partial charge is 0.350 e. The predicted octanol–water partition coefficient (Wildman–Crippen LogP) is 4.41. The fourth-order valence-electron chi connectivity index (χ4n) is 2.00. The van der Waals surface area contributed by atoms with Crippen LogP contribution in [0.15, 0.2) is 66.9 Å². The normalized spacial score (nSPS) is 10.3. The van der Waals surface area contributed by atoms with E-state index in [2.05, 4.69) is 27.4 Å². The second-order valence-corrected chi connectivity index (χ2v) is 5.05. The number of benzene rings is 2. The third-order valence-electron chi connectivity index (χ3n) is 3.09. The first-order valence-corrected chi connectivity index (χ1v) is 7.06. The van der Waals surface area contributed by atoms with E-state index < -0.39 is 0 Å². The number of nitrogens with zero attached hydrogens (tertiary/aromatic N) is 2. The summed E-state index contributed by atoms with van der Waals surface area (Å²) >= 11 is 5.90. The van der Waals surface area contributed by atoms with E-state index in [1.54, 1.807) is 6.20 Å². The van der Waals surface area contributed by atoms with Crippen molar-refractivity contribution in [3.63, 3.8) is 0 Å². The van der Waals surface area contributed by atoms with Crippen molar-refractivity contribution in [1.29, 1.82) is 0 Å². The fraction of sp³-hybridized carbons (Fsp3) is 0.0588. The first-order chi connectivity index (χ1) is 10.3. The Morgan fingerprint density at radius 3 is 2.43 bits per heavy atom. The first kappa shape index (κ1) is 13.6. The van der Waals surface area contributed by atoms with Gasteiger partial charge in [-0.05, 0) is 23.8 Å². The van der Waals surface area contributed by atoms with Gasteiger partial charge in [0.25, 0.3) is 0 Å². The Labute approximate surface area is 128 Å². The van der Waals surface area contributed by atoms with Crippen molar-refractivity contribution in [2.24, 2.45) is 0 Å². The monoisotopic (exact) mass is 295 g/mol. The van der Waals surface area contributed by atoms with Crippen LogP contribution >= 0.6 is 11.6 Å². The fourth-order valence-corrected chi connectivity index (χ4v) is 2.13. The summed E-state index contributed by atoms with van der Waals surface area (Å²) in [5.74, 6) is 0.617. The lowest BCUT2D eigenvalue weighted by Gasteiger charge is -2.07. The van der Waals surface area contributed by atoms with Gasteiger partial charge in [0, 0.05) is 23.3 Å². The van der Waals surface area contributed by atoms with Crippen LogP contribution in [-0.2, 0) is 6.54 Å². The van der Waals surface area contributed by atoms with Gasteiger partial charge in [-0.25, -0.2) is 9.97 Å². The molecule has 0 radical (unpaired) electrons. The average Bonchev–Trinajstić information content (AvgIpc) is 2.55. The topological polar surface area (TPSA) is 37.8 Å². The molecule has 0 unspecified atom stereocenters. The lowest BCUT2D eigenvalue weighted by molar-refractivity contribution is 1.06. The Hall–Kier alpha value is -2.39. The van der Waals surface area contributed by atoms with Crippen LogP contribution in [0.1, 0.15) is 5.56 Å². The zero-order chi connectivity index (χ0) is 14.5. The van der Waals surface area contributed by atoms with E-state index in [0.717, 1.165) is 16.3 Å². The highest BCUT2D eigenvalue weighted by molar-refractivity contribution is 6.30. The van der Waals surface area contributed by atoms with Crippen molar-refractivity contribution in [3.8, 4) is 11.3 Å². The lowest BCUT2D eigenvalue weighted by atomic mass is 10.1. The molecule has 1 aromatic heterocycles. The second kappa shape index (κ2) is 6.37. The van der Waals surface area contributed by atoms with Crippen LogP contribution in [0.5, 0.6) is 0 Å². The third-order valence-corrected chi connectivity index (χ3v) is 3.34. The van der Waals surface area contributed by atoms with Gasteiger partial charge in [-0.2, -0.15) is 0 Å². The van der Waals surface area contributed by atoms with Gasteiger partial charge in [-0.1, -0.05) is 54.1 Å². The highest BCUT2D eigenvalue weighted by atomic mass is 35.5. The van der Waals surface area contributed by atoms with E-state index in [1.165, 1.54) is 5.56 Å². The molecule has 2 aromatic carbocycles. The quantitative estimate of drug-likeness (QED) is 0.775. The smallest absolute Gasteiger partial charge is 0.223 e. The van der Waals surface area contributed by atoms with Gasteiger partial charge in [-0.3, -0.25) is 0 Å². The molecule has 104 valence electrons. The van der Waals surface area contributed by atoms with Crippen LogP contribution in [0.4, 0.5) is 5.95 Å². The zero-order valence-corrected chi connectivity index (χ0v) is 12.1. The van der Waals surface area contributed by atoms with Gasteiger partial charge < -0.3 is 5.32 Å². The van der Waals surface area contributed by atoms with E-state index in [-0.39, 0.29) is 0 Å². The summed E-state index contributed by atoms with van der Waals surface area (Å²) in [6, 6.07) is 19.7. The van der Waals surface area contributed by atoms with E-state index >= 15 is 0 Å². The molecule has 1 heterocycles. The highest BCUT2D eigenvalue weighted by Gasteiger charge is 2.02. The minimum Gasteiger partial charge on any atom is -0.350 e. The van der Waals surface area contributed by atoms with Crippen molar-refractivity contribution >= 4 is 17.5 Å². The molecular formula is C17H14ClN3.